The first-order valence-electron chi connectivity index (χ1n) is 7.93. The minimum absolute atomic E-state index is 0. The van der Waals surface area contributed by atoms with Crippen molar-refractivity contribution in [1.82, 2.24) is 10.6 Å². The van der Waals surface area contributed by atoms with Gasteiger partial charge in [0.25, 0.3) is 0 Å². The molecule has 2 N–H and O–H groups in total. The molecule has 0 saturated heterocycles. The van der Waals surface area contributed by atoms with Crippen LogP contribution >= 0.6 is 12.4 Å². The molecule has 0 saturated carbocycles. The van der Waals surface area contributed by atoms with Gasteiger partial charge in [-0.2, -0.15) is 0 Å². The van der Waals surface area contributed by atoms with E-state index < -0.39 is 0 Å². The average Bonchev–Trinajstić information content (AvgIpc) is 2.54. The highest BCUT2D eigenvalue weighted by Crippen LogP contribution is 2.25. The zero-order valence-electron chi connectivity index (χ0n) is 14.2. The van der Waals surface area contributed by atoms with Crippen LogP contribution in [0, 0.1) is 6.92 Å². The first-order chi connectivity index (χ1) is 11.2. The Morgan fingerprint density at radius 3 is 2.67 bits per heavy atom. The van der Waals surface area contributed by atoms with Crippen molar-refractivity contribution in [2.24, 2.45) is 0 Å². The average molecular weight is 349 g/mol. The fourth-order valence-corrected chi connectivity index (χ4v) is 2.26. The molecule has 130 valence electrons. The van der Waals surface area contributed by atoms with Crippen LogP contribution in [0.5, 0.6) is 11.5 Å². The van der Waals surface area contributed by atoms with Gasteiger partial charge in [-0.3, -0.25) is 4.79 Å². The molecule has 5 heteroatoms. The second-order valence-electron chi connectivity index (χ2n) is 5.51. The van der Waals surface area contributed by atoms with Crippen LogP contribution in [0.4, 0.5) is 0 Å². The van der Waals surface area contributed by atoms with Crippen LogP contribution in [-0.2, 0) is 11.3 Å². The van der Waals surface area contributed by atoms with E-state index in [1.54, 1.807) is 0 Å². The number of carbonyl (C=O) groups is 1. The summed E-state index contributed by atoms with van der Waals surface area (Å²) in [6, 6.07) is 15.7. The van der Waals surface area contributed by atoms with Crippen molar-refractivity contribution in [1.29, 1.82) is 0 Å². The molecule has 2 aromatic rings. The van der Waals surface area contributed by atoms with Gasteiger partial charge in [-0.15, -0.1) is 12.4 Å². The smallest absolute Gasteiger partial charge is 0.220 e. The van der Waals surface area contributed by atoms with E-state index in [-0.39, 0.29) is 18.3 Å². The van der Waals surface area contributed by atoms with Gasteiger partial charge in [0.15, 0.2) is 0 Å². The zero-order chi connectivity index (χ0) is 16.5. The van der Waals surface area contributed by atoms with Crippen LogP contribution in [0.1, 0.15) is 24.0 Å². The molecule has 0 aliphatic carbocycles. The highest BCUT2D eigenvalue weighted by atomic mass is 35.5. The molecule has 0 unspecified atom stereocenters. The Morgan fingerprint density at radius 2 is 1.92 bits per heavy atom. The summed E-state index contributed by atoms with van der Waals surface area (Å²) in [5, 5.41) is 5.99. The summed E-state index contributed by atoms with van der Waals surface area (Å²) >= 11 is 0. The quantitative estimate of drug-likeness (QED) is 0.713. The predicted molar refractivity (Wildman–Crippen MR) is 100.0 cm³/mol. The molecule has 4 nitrogen and oxygen atoms in total. The zero-order valence-corrected chi connectivity index (χ0v) is 15.0. The second kappa shape index (κ2) is 10.7. The Morgan fingerprint density at radius 1 is 1.12 bits per heavy atom. The number of rotatable bonds is 8. The van der Waals surface area contributed by atoms with E-state index in [2.05, 4.69) is 10.6 Å². The number of nitrogens with one attached hydrogen (secondary N) is 2. The van der Waals surface area contributed by atoms with Crippen LogP contribution < -0.4 is 15.4 Å². The van der Waals surface area contributed by atoms with Gasteiger partial charge in [0.2, 0.25) is 5.91 Å². The number of hydrogen-bond acceptors (Lipinski definition) is 3. The molecule has 0 spiro atoms. The van der Waals surface area contributed by atoms with Crippen LogP contribution in [-0.4, -0.2) is 19.5 Å². The summed E-state index contributed by atoms with van der Waals surface area (Å²) in [7, 11) is 1.89. The number of halogens is 1. The van der Waals surface area contributed by atoms with E-state index in [0.29, 0.717) is 13.0 Å². The number of aryl methyl sites for hydroxylation is 1. The molecule has 0 bridgehead atoms. The van der Waals surface area contributed by atoms with Gasteiger partial charge in [0.1, 0.15) is 11.5 Å². The predicted octanol–water partition coefficient (Wildman–Crippen LogP) is 3.82. The standard InChI is InChI=1S/C19H24N2O2.ClH/c1-15-7-5-9-17(13-15)23-18-10-4-3-8-16(18)14-21-19(22)11-6-12-20-2;/h3-5,7-10,13,20H,6,11-12,14H2,1-2H3,(H,21,22);1H. The highest BCUT2D eigenvalue weighted by molar-refractivity contribution is 5.85. The Kier molecular flexibility index (Phi) is 8.90. The van der Waals surface area contributed by atoms with E-state index >= 15 is 0 Å². The van der Waals surface area contributed by atoms with Crippen LogP contribution in [0.25, 0.3) is 0 Å². The van der Waals surface area contributed by atoms with Gasteiger partial charge in [-0.25, -0.2) is 0 Å². The molecule has 0 heterocycles. The van der Waals surface area contributed by atoms with Crippen molar-refractivity contribution in [2.45, 2.75) is 26.3 Å². The molecule has 0 aromatic heterocycles. The largest absolute Gasteiger partial charge is 0.457 e. The van der Waals surface area contributed by atoms with Crippen LogP contribution in [0.15, 0.2) is 48.5 Å². The van der Waals surface area contributed by atoms with Gasteiger partial charge in [-0.05, 0) is 50.7 Å². The fourth-order valence-electron chi connectivity index (χ4n) is 2.26. The minimum Gasteiger partial charge on any atom is -0.457 e. The lowest BCUT2D eigenvalue weighted by molar-refractivity contribution is -0.121. The number of benzene rings is 2. The number of hydrogen-bond donors (Lipinski definition) is 2. The maximum Gasteiger partial charge on any atom is 0.220 e. The molecular formula is C19H25ClN2O2. The van der Waals surface area contributed by atoms with E-state index in [9.17, 15) is 4.79 Å². The van der Waals surface area contributed by atoms with Crippen LogP contribution in [0.2, 0.25) is 0 Å². The Balaban J connectivity index is 0.00000288. The maximum atomic E-state index is 11.8. The Labute approximate surface area is 150 Å². The monoisotopic (exact) mass is 348 g/mol. The third-order valence-corrected chi connectivity index (χ3v) is 3.50. The van der Waals surface area contributed by atoms with Crippen molar-refractivity contribution in [3.63, 3.8) is 0 Å². The van der Waals surface area contributed by atoms with Crippen molar-refractivity contribution >= 4 is 18.3 Å². The number of amides is 1. The Bertz CT molecular complexity index is 647. The molecule has 0 radical (unpaired) electrons. The Hall–Kier alpha value is -2.04. The second-order valence-corrected chi connectivity index (χ2v) is 5.51. The molecule has 2 rings (SSSR count). The summed E-state index contributed by atoms with van der Waals surface area (Å²) in [5.41, 5.74) is 2.12. The molecule has 2 aromatic carbocycles. The fraction of sp³-hybridized carbons (Fsp3) is 0.316. The number of carbonyl (C=O) groups excluding carboxylic acids is 1. The SMILES string of the molecule is CNCCCC(=O)NCc1ccccc1Oc1cccc(C)c1.Cl. The molecule has 0 fully saturated rings. The summed E-state index contributed by atoms with van der Waals surface area (Å²) in [5.74, 6) is 1.64. The molecular weight excluding hydrogens is 324 g/mol. The van der Waals surface area contributed by atoms with E-state index in [1.165, 1.54) is 0 Å². The minimum atomic E-state index is 0. The summed E-state index contributed by atoms with van der Waals surface area (Å²) in [4.78, 5) is 11.8. The van der Waals surface area contributed by atoms with Gasteiger partial charge in [-0.1, -0.05) is 30.3 Å². The van der Waals surface area contributed by atoms with Crippen molar-refractivity contribution in [3.8, 4) is 11.5 Å². The lowest BCUT2D eigenvalue weighted by Crippen LogP contribution is -2.23. The van der Waals surface area contributed by atoms with E-state index in [0.717, 1.165) is 35.6 Å². The summed E-state index contributed by atoms with van der Waals surface area (Å²) in [6.45, 7) is 3.35. The molecule has 0 aliphatic heterocycles. The lowest BCUT2D eigenvalue weighted by atomic mass is 10.2. The summed E-state index contributed by atoms with van der Waals surface area (Å²) < 4.78 is 5.96. The van der Waals surface area contributed by atoms with Crippen molar-refractivity contribution in [3.05, 3.63) is 59.7 Å². The van der Waals surface area contributed by atoms with E-state index in [4.69, 9.17) is 4.74 Å². The summed E-state index contributed by atoms with van der Waals surface area (Å²) in [6.07, 6.45) is 1.37. The van der Waals surface area contributed by atoms with Gasteiger partial charge >= 0.3 is 0 Å². The molecule has 0 aliphatic rings. The van der Waals surface area contributed by atoms with Crippen LogP contribution in [0.3, 0.4) is 0 Å². The van der Waals surface area contributed by atoms with Crippen molar-refractivity contribution in [2.75, 3.05) is 13.6 Å². The first-order valence-corrected chi connectivity index (χ1v) is 7.93. The topological polar surface area (TPSA) is 50.4 Å². The van der Waals surface area contributed by atoms with Crippen molar-refractivity contribution < 1.29 is 9.53 Å². The molecule has 0 atom stereocenters. The number of para-hydroxylation sites is 1. The normalized spacial score (nSPS) is 9.92. The van der Waals surface area contributed by atoms with Gasteiger partial charge in [0, 0.05) is 18.5 Å². The third-order valence-electron chi connectivity index (χ3n) is 3.50. The highest BCUT2D eigenvalue weighted by Gasteiger charge is 2.07. The van der Waals surface area contributed by atoms with Gasteiger partial charge in [0.05, 0.1) is 0 Å². The lowest BCUT2D eigenvalue weighted by Gasteiger charge is -2.12. The molecule has 1 amide bonds. The maximum absolute atomic E-state index is 11.8. The number of ether oxygens (including phenoxy) is 1. The van der Waals surface area contributed by atoms with E-state index in [1.807, 2.05) is 62.5 Å². The first kappa shape index (κ1) is 20.0. The van der Waals surface area contributed by atoms with Gasteiger partial charge < -0.3 is 15.4 Å². The molecule has 24 heavy (non-hydrogen) atoms. The third kappa shape index (κ3) is 6.60.